The van der Waals surface area contributed by atoms with Gasteiger partial charge in [-0.25, -0.2) is 8.42 Å². The summed E-state index contributed by atoms with van der Waals surface area (Å²) in [5.74, 6) is 0.155. The van der Waals surface area contributed by atoms with E-state index in [1.165, 1.54) is 6.92 Å². The van der Waals surface area contributed by atoms with Crippen LogP contribution in [0.3, 0.4) is 0 Å². The second kappa shape index (κ2) is 4.12. The van der Waals surface area contributed by atoms with Crippen LogP contribution < -0.4 is 0 Å². The van der Waals surface area contributed by atoms with Gasteiger partial charge >= 0.3 is 0 Å². The molecular weight excluding hydrogens is 178 g/mol. The van der Waals surface area contributed by atoms with Gasteiger partial charge in [0.2, 0.25) is 0 Å². The first kappa shape index (κ1) is 11.0. The summed E-state index contributed by atoms with van der Waals surface area (Å²) in [6.45, 7) is 3.54. The Morgan fingerprint density at radius 3 is 2.33 bits per heavy atom. The third kappa shape index (κ3) is 2.93. The molecule has 4 nitrogen and oxygen atoms in total. The van der Waals surface area contributed by atoms with E-state index in [9.17, 15) is 8.42 Å². The smallest absolute Gasteiger partial charge is 0.188 e. The summed E-state index contributed by atoms with van der Waals surface area (Å²) in [5.41, 5.74) is 0. The molecule has 0 aliphatic carbocycles. The molecule has 0 spiro atoms. The van der Waals surface area contributed by atoms with Crippen molar-refractivity contribution >= 4 is 9.84 Å². The normalized spacial score (nSPS) is 13.2. The molecule has 0 aliphatic rings. The highest BCUT2D eigenvalue weighted by Gasteiger charge is 2.14. The molecule has 0 rings (SSSR count). The average molecular weight is 189 g/mol. The van der Waals surface area contributed by atoms with Gasteiger partial charge in [-0.1, -0.05) is 0 Å². The lowest BCUT2D eigenvalue weighted by Gasteiger charge is -2.03. The minimum absolute atomic E-state index is 0.155. The van der Waals surface area contributed by atoms with Crippen molar-refractivity contribution in [3.8, 4) is 6.07 Å². The summed E-state index contributed by atoms with van der Waals surface area (Å²) in [6.07, 6.45) is 0.980. The summed E-state index contributed by atoms with van der Waals surface area (Å²) in [6, 6.07) is 1.59. The highest BCUT2D eigenvalue weighted by molar-refractivity contribution is 7.94. The van der Waals surface area contributed by atoms with Crippen molar-refractivity contribution in [2.24, 2.45) is 0 Å². The van der Waals surface area contributed by atoms with Crippen molar-refractivity contribution in [1.29, 1.82) is 5.26 Å². The van der Waals surface area contributed by atoms with E-state index >= 15 is 0 Å². The van der Waals surface area contributed by atoms with Crippen LogP contribution >= 0.6 is 0 Å². The highest BCUT2D eigenvalue weighted by Crippen LogP contribution is 2.10. The van der Waals surface area contributed by atoms with E-state index in [0.29, 0.717) is 6.61 Å². The first-order chi connectivity index (χ1) is 5.43. The standard InChI is InChI=1S/C7H11NO3S/c1-4-11-6(2)7(5-8)12(3,9)10/h4H2,1-3H3/b7-6-. The van der Waals surface area contributed by atoms with Crippen molar-refractivity contribution in [2.75, 3.05) is 12.9 Å². The van der Waals surface area contributed by atoms with Crippen LogP contribution in [0.25, 0.3) is 0 Å². The number of allylic oxidation sites excluding steroid dienone is 2. The molecular formula is C7H11NO3S. The fourth-order valence-corrected chi connectivity index (χ4v) is 1.45. The van der Waals surface area contributed by atoms with Crippen LogP contribution in [0.5, 0.6) is 0 Å². The molecule has 0 aromatic heterocycles. The van der Waals surface area contributed by atoms with Gasteiger partial charge in [-0.05, 0) is 13.8 Å². The molecule has 0 amide bonds. The third-order valence-corrected chi connectivity index (χ3v) is 2.27. The van der Waals surface area contributed by atoms with E-state index in [1.54, 1.807) is 13.0 Å². The maximum absolute atomic E-state index is 10.9. The SMILES string of the molecule is CCO/C(C)=C(/C#N)S(C)(=O)=O. The van der Waals surface area contributed by atoms with Crippen LogP contribution in [0, 0.1) is 11.3 Å². The largest absolute Gasteiger partial charge is 0.496 e. The highest BCUT2D eigenvalue weighted by atomic mass is 32.2. The molecule has 0 aromatic rings. The maximum Gasteiger partial charge on any atom is 0.188 e. The predicted molar refractivity (Wildman–Crippen MR) is 44.8 cm³/mol. The molecule has 0 unspecified atom stereocenters. The van der Waals surface area contributed by atoms with E-state index in [-0.39, 0.29) is 10.7 Å². The molecule has 0 saturated heterocycles. The van der Waals surface area contributed by atoms with Crippen molar-refractivity contribution in [3.63, 3.8) is 0 Å². The van der Waals surface area contributed by atoms with Gasteiger partial charge in [0.05, 0.1) is 6.61 Å². The van der Waals surface area contributed by atoms with Crippen LogP contribution in [0.15, 0.2) is 10.7 Å². The molecule has 0 atom stereocenters. The van der Waals surface area contributed by atoms with Gasteiger partial charge in [-0.2, -0.15) is 5.26 Å². The van der Waals surface area contributed by atoms with Crippen molar-refractivity contribution in [1.82, 2.24) is 0 Å². The second-order valence-corrected chi connectivity index (χ2v) is 4.15. The van der Waals surface area contributed by atoms with Gasteiger partial charge in [0.15, 0.2) is 14.7 Å². The fourth-order valence-electron chi connectivity index (χ4n) is 0.705. The maximum atomic E-state index is 10.9. The third-order valence-electron chi connectivity index (χ3n) is 1.15. The lowest BCUT2D eigenvalue weighted by molar-refractivity contribution is 0.230. The Bertz CT molecular complexity index is 321. The molecule has 68 valence electrons. The van der Waals surface area contributed by atoms with Gasteiger partial charge in [0.1, 0.15) is 11.8 Å². The van der Waals surface area contributed by atoms with Crippen LogP contribution in [-0.2, 0) is 14.6 Å². The number of hydrogen-bond acceptors (Lipinski definition) is 4. The van der Waals surface area contributed by atoms with Gasteiger partial charge in [0.25, 0.3) is 0 Å². The Hall–Kier alpha value is -1.02. The molecule has 0 N–H and O–H groups in total. The first-order valence-corrected chi connectivity index (χ1v) is 5.26. The van der Waals surface area contributed by atoms with Crippen LogP contribution in [0.2, 0.25) is 0 Å². The molecule has 12 heavy (non-hydrogen) atoms. The quantitative estimate of drug-likeness (QED) is 0.487. The summed E-state index contributed by atoms with van der Waals surface area (Å²) in [5, 5.41) is 8.49. The summed E-state index contributed by atoms with van der Waals surface area (Å²) < 4.78 is 26.7. The zero-order valence-electron chi connectivity index (χ0n) is 7.29. The minimum Gasteiger partial charge on any atom is -0.496 e. The molecule has 0 aromatic carbocycles. The first-order valence-electron chi connectivity index (χ1n) is 3.37. The lowest BCUT2D eigenvalue weighted by atomic mass is 10.5. The monoisotopic (exact) mass is 189 g/mol. The lowest BCUT2D eigenvalue weighted by Crippen LogP contribution is -2.03. The van der Waals surface area contributed by atoms with Crippen LogP contribution in [0.4, 0.5) is 0 Å². The van der Waals surface area contributed by atoms with E-state index < -0.39 is 9.84 Å². The molecule has 0 saturated carbocycles. The fraction of sp³-hybridized carbons (Fsp3) is 0.571. The van der Waals surface area contributed by atoms with Gasteiger partial charge in [-0.3, -0.25) is 0 Å². The van der Waals surface area contributed by atoms with Gasteiger partial charge < -0.3 is 4.74 Å². The molecule has 0 radical (unpaired) electrons. The number of ether oxygens (including phenoxy) is 1. The number of sulfone groups is 1. The van der Waals surface area contributed by atoms with Crippen molar-refractivity contribution < 1.29 is 13.2 Å². The predicted octanol–water partition coefficient (Wildman–Crippen LogP) is 0.823. The molecule has 0 bridgehead atoms. The summed E-state index contributed by atoms with van der Waals surface area (Å²) in [7, 11) is -3.44. The van der Waals surface area contributed by atoms with E-state index in [2.05, 4.69) is 0 Å². The Labute approximate surface area is 72.4 Å². The topological polar surface area (TPSA) is 67.2 Å². The van der Waals surface area contributed by atoms with Crippen molar-refractivity contribution in [2.45, 2.75) is 13.8 Å². The van der Waals surface area contributed by atoms with Gasteiger partial charge in [-0.15, -0.1) is 0 Å². The molecule has 0 aliphatic heterocycles. The number of hydrogen-bond donors (Lipinski definition) is 0. The number of nitriles is 1. The van der Waals surface area contributed by atoms with Crippen LogP contribution in [-0.4, -0.2) is 21.3 Å². The minimum atomic E-state index is -3.44. The number of rotatable bonds is 3. The van der Waals surface area contributed by atoms with E-state index in [0.717, 1.165) is 6.26 Å². The Morgan fingerprint density at radius 2 is 2.08 bits per heavy atom. The van der Waals surface area contributed by atoms with Crippen molar-refractivity contribution in [3.05, 3.63) is 10.7 Å². The van der Waals surface area contributed by atoms with Gasteiger partial charge in [0, 0.05) is 6.26 Å². The number of nitrogens with zero attached hydrogens (tertiary/aromatic N) is 1. The Balaban J connectivity index is 5.06. The van der Waals surface area contributed by atoms with E-state index in [4.69, 9.17) is 10.00 Å². The summed E-state index contributed by atoms with van der Waals surface area (Å²) >= 11 is 0. The zero-order valence-corrected chi connectivity index (χ0v) is 8.10. The summed E-state index contributed by atoms with van der Waals surface area (Å²) in [4.78, 5) is -0.302. The Morgan fingerprint density at radius 1 is 1.58 bits per heavy atom. The second-order valence-electron chi connectivity index (χ2n) is 2.20. The van der Waals surface area contributed by atoms with Crippen LogP contribution in [0.1, 0.15) is 13.8 Å². The molecule has 0 fully saturated rings. The Kier molecular flexibility index (Phi) is 3.77. The molecule has 0 heterocycles. The zero-order chi connectivity index (χ0) is 9.78. The van der Waals surface area contributed by atoms with E-state index in [1.807, 2.05) is 0 Å². The molecule has 5 heteroatoms. The average Bonchev–Trinajstić information content (AvgIpc) is 1.85.